The van der Waals surface area contributed by atoms with Gasteiger partial charge in [0.25, 0.3) is 0 Å². The lowest BCUT2D eigenvalue weighted by Crippen LogP contribution is -2.44. The van der Waals surface area contributed by atoms with Gasteiger partial charge < -0.3 is 66.4 Å². The highest BCUT2D eigenvalue weighted by atomic mass is 16.4. The molecule has 79 heavy (non-hydrogen) atoms. The maximum Gasteiger partial charge on any atom is 0.0860 e. The molecule has 0 saturated heterocycles. The summed E-state index contributed by atoms with van der Waals surface area (Å²) in [5.74, 6) is 2.79. The third-order valence-corrected chi connectivity index (χ3v) is 22.4. The Morgan fingerprint density at radius 2 is 0.570 bits per heavy atom. The lowest BCUT2D eigenvalue weighted by molar-refractivity contribution is -0.0738. The van der Waals surface area contributed by atoms with Gasteiger partial charge in [0.15, 0.2) is 0 Å². The van der Waals surface area contributed by atoms with Gasteiger partial charge in [0.2, 0.25) is 0 Å². The van der Waals surface area contributed by atoms with Crippen molar-refractivity contribution in [3.8, 4) is 0 Å². The lowest BCUT2D eigenvalue weighted by Gasteiger charge is -2.45. The molecular weight excluding hydrogens is 1000 g/mol. The van der Waals surface area contributed by atoms with Crippen LogP contribution in [0.3, 0.4) is 0 Å². The molecule has 13 heteroatoms. The summed E-state index contributed by atoms with van der Waals surface area (Å²) in [6.45, 7) is 31.2. The van der Waals surface area contributed by atoms with Crippen LogP contribution in [0.5, 0.6) is 0 Å². The van der Waals surface area contributed by atoms with E-state index in [1.54, 1.807) is 0 Å². The minimum absolute atomic E-state index is 0.0475. The van der Waals surface area contributed by atoms with E-state index in [9.17, 15) is 61.3 Å². The molecule has 8 fully saturated rings. The molecule has 0 bridgehead atoms. The van der Waals surface area contributed by atoms with E-state index < -0.39 is 73.2 Å². The van der Waals surface area contributed by atoms with Crippen LogP contribution in [0.4, 0.5) is 0 Å². The summed E-state index contributed by atoms with van der Waals surface area (Å²) in [4.78, 5) is 0. The Bertz CT molecular complexity index is 1620. The van der Waals surface area contributed by atoms with Gasteiger partial charge in [0.05, 0.1) is 73.2 Å². The number of aliphatic hydroxyl groups excluding tert-OH is 13. The lowest BCUT2D eigenvalue weighted by atomic mass is 9.61. The Kier molecular flexibility index (Phi) is 28.7. The van der Waals surface area contributed by atoms with Crippen LogP contribution in [0, 0.1) is 79.8 Å². The minimum Gasteiger partial charge on any atom is -0.396 e. The van der Waals surface area contributed by atoms with E-state index in [1.807, 2.05) is 27.7 Å². The summed E-state index contributed by atoms with van der Waals surface area (Å²) in [5.41, 5.74) is -0.281. The molecule has 0 aromatic carbocycles. The predicted octanol–water partition coefficient (Wildman–Crippen LogP) is 9.86. The summed E-state index contributed by atoms with van der Waals surface area (Å²) in [7, 11) is 0. The zero-order valence-electron chi connectivity index (χ0n) is 53.0. The summed E-state index contributed by atoms with van der Waals surface area (Å²) >= 11 is 0. The van der Waals surface area contributed by atoms with Gasteiger partial charge in [-0.25, -0.2) is 0 Å². The molecule has 0 amide bonds. The SMILES string of the molecule is CCC[C@@]1(C)C[C@@H](C)[C@H](O)[C@@H]1O.CCC[C@@]1(C)C[C@@H](C)[C@H](O)[C@@H]1O.CCC[C@@]1(C)C[C@@H](C)[C@H](O)[C@@H]1O.CCC[C@@]1(C2CC2)C[C@@H](C)[C@H](O)[C@@H]1O.CCC[C@@]1(C2CCC2)C[C@@H](C)[C@H](O)[C@@H]1O.CCC[C@@]1(CCO)C[C@@H](C)[C@H](O)[C@@H]1O. The maximum atomic E-state index is 10.3. The van der Waals surface area contributed by atoms with Gasteiger partial charge >= 0.3 is 0 Å². The van der Waals surface area contributed by atoms with E-state index in [1.165, 1.54) is 32.1 Å². The summed E-state index contributed by atoms with van der Waals surface area (Å²) in [5, 5.41) is 127. The van der Waals surface area contributed by atoms with Crippen LogP contribution in [0.15, 0.2) is 0 Å². The van der Waals surface area contributed by atoms with Crippen molar-refractivity contribution in [2.45, 2.75) is 331 Å². The van der Waals surface area contributed by atoms with Gasteiger partial charge in [-0.3, -0.25) is 0 Å². The predicted molar refractivity (Wildman–Crippen MR) is 318 cm³/mol. The second kappa shape index (κ2) is 31.2. The molecule has 0 spiro atoms. The molecule has 8 aliphatic carbocycles. The molecule has 0 aromatic heterocycles. The number of rotatable bonds is 16. The standard InChI is InChI=1S/C13H24O2.C12H22O2.C11H22O3.3C10H20O2/c1-3-7-13(10-5-4-6-10)8-9(2)11(14)12(13)15;1-3-6-12(9-4-5-9)7-8(2)10(13)11(12)14;1-3-4-11(5-6-12)7-8(2)9(13)10(11)14;3*1-4-5-10(3)6-7(2)8(11)9(10)12/h9-12,14-15H,3-8H2,1-2H3;8-11,13-14H,3-7H2,1-2H3;8-10,12-14H,3-7H2,1-2H3;3*7-9,11-12H,4-6H2,1-3H3/t9-,11+,12+,13+;8-,10+,11+,12+;8-,9+,10+,11-;3*7-,8+,9+,10+/m111111/s1. The molecular formula is C66H128O13. The zero-order valence-corrected chi connectivity index (χ0v) is 53.0. The first-order chi connectivity index (χ1) is 36.8. The van der Waals surface area contributed by atoms with Gasteiger partial charge in [0.1, 0.15) is 0 Å². The average molecular weight is 1130 g/mol. The first-order valence-corrected chi connectivity index (χ1v) is 32.6. The molecule has 13 N–H and O–H groups in total. The molecule has 8 aliphatic rings. The van der Waals surface area contributed by atoms with Crippen LogP contribution in [0.25, 0.3) is 0 Å². The second-order valence-corrected chi connectivity index (χ2v) is 29.4. The molecule has 0 unspecified atom stereocenters. The highest BCUT2D eigenvalue weighted by molar-refractivity contribution is 5.08. The highest BCUT2D eigenvalue weighted by Crippen LogP contribution is 2.59. The fourth-order valence-electron chi connectivity index (χ4n) is 17.7. The van der Waals surface area contributed by atoms with E-state index in [0.717, 1.165) is 116 Å². The van der Waals surface area contributed by atoms with Gasteiger partial charge in [-0.15, -0.1) is 0 Å². The first-order valence-electron chi connectivity index (χ1n) is 32.6. The van der Waals surface area contributed by atoms with Crippen molar-refractivity contribution in [3.63, 3.8) is 0 Å². The smallest absolute Gasteiger partial charge is 0.0860 e. The fourth-order valence-corrected chi connectivity index (χ4v) is 17.7. The third kappa shape index (κ3) is 16.7. The Balaban J connectivity index is 0.000000250. The van der Waals surface area contributed by atoms with E-state index in [-0.39, 0.29) is 74.6 Å². The van der Waals surface area contributed by atoms with Crippen LogP contribution >= 0.6 is 0 Å². The van der Waals surface area contributed by atoms with Crippen molar-refractivity contribution in [1.29, 1.82) is 0 Å². The Hall–Kier alpha value is -0.520. The number of aliphatic hydroxyl groups is 13. The van der Waals surface area contributed by atoms with E-state index in [4.69, 9.17) is 5.11 Å². The normalized spacial score (nSPS) is 47.1. The van der Waals surface area contributed by atoms with Crippen molar-refractivity contribution in [2.75, 3.05) is 6.61 Å². The van der Waals surface area contributed by atoms with Crippen molar-refractivity contribution < 1.29 is 66.4 Å². The molecule has 0 radical (unpaired) electrons. The molecule has 470 valence electrons. The second-order valence-electron chi connectivity index (χ2n) is 29.4. The topological polar surface area (TPSA) is 263 Å². The third-order valence-electron chi connectivity index (χ3n) is 22.4. The van der Waals surface area contributed by atoms with Gasteiger partial charge in [-0.1, -0.05) is 149 Å². The van der Waals surface area contributed by atoms with E-state index in [0.29, 0.717) is 18.3 Å². The summed E-state index contributed by atoms with van der Waals surface area (Å²) in [6, 6.07) is 0. The maximum absolute atomic E-state index is 10.3. The number of hydrogen-bond donors (Lipinski definition) is 13. The largest absolute Gasteiger partial charge is 0.396 e. The Morgan fingerprint density at radius 1 is 0.304 bits per heavy atom. The molecule has 8 saturated carbocycles. The Labute approximate surface area is 482 Å². The molecule has 0 heterocycles. The quantitative estimate of drug-likeness (QED) is 0.0687. The average Bonchev–Trinajstić information content (AvgIpc) is 4.04. The van der Waals surface area contributed by atoms with Crippen LogP contribution < -0.4 is 0 Å². The van der Waals surface area contributed by atoms with Gasteiger partial charge in [-0.05, 0) is 173 Å². The van der Waals surface area contributed by atoms with Crippen LogP contribution in [-0.4, -0.2) is 146 Å². The molecule has 8 rings (SSSR count). The molecule has 13 nitrogen and oxygen atoms in total. The highest BCUT2D eigenvalue weighted by Gasteiger charge is 2.58. The van der Waals surface area contributed by atoms with Crippen LogP contribution in [0.2, 0.25) is 0 Å². The monoisotopic (exact) mass is 1130 g/mol. The van der Waals surface area contributed by atoms with E-state index >= 15 is 0 Å². The van der Waals surface area contributed by atoms with Crippen molar-refractivity contribution >= 4 is 0 Å². The number of hydrogen-bond acceptors (Lipinski definition) is 13. The van der Waals surface area contributed by atoms with Crippen LogP contribution in [0.1, 0.15) is 258 Å². The van der Waals surface area contributed by atoms with Crippen molar-refractivity contribution in [3.05, 3.63) is 0 Å². The van der Waals surface area contributed by atoms with Gasteiger partial charge in [0, 0.05) is 22.9 Å². The minimum atomic E-state index is -0.662. The zero-order chi connectivity index (χ0) is 60.2. The molecule has 0 aliphatic heterocycles. The van der Waals surface area contributed by atoms with Gasteiger partial charge in [-0.2, -0.15) is 0 Å². The first kappa shape index (κ1) is 72.7. The molecule has 0 aromatic rings. The molecule has 24 atom stereocenters. The van der Waals surface area contributed by atoms with E-state index in [2.05, 4.69) is 76.2 Å². The van der Waals surface area contributed by atoms with Crippen molar-refractivity contribution in [1.82, 2.24) is 0 Å². The summed E-state index contributed by atoms with van der Waals surface area (Å²) in [6.07, 6.45) is 18.9. The fraction of sp³-hybridized carbons (Fsp3) is 1.00. The van der Waals surface area contributed by atoms with Crippen molar-refractivity contribution in [2.24, 2.45) is 79.8 Å². The Morgan fingerprint density at radius 3 is 0.759 bits per heavy atom. The summed E-state index contributed by atoms with van der Waals surface area (Å²) < 4.78 is 0. The van der Waals surface area contributed by atoms with Crippen LogP contribution in [-0.2, 0) is 0 Å².